The number of pyridine rings is 1. The Balaban J connectivity index is 2.70. The van der Waals surface area contributed by atoms with Crippen LogP contribution in [0, 0.1) is 5.92 Å². The Bertz CT molecular complexity index is 421. The molecule has 0 saturated carbocycles. The van der Waals surface area contributed by atoms with E-state index in [1.807, 2.05) is 12.1 Å². The first kappa shape index (κ1) is 16.4. The number of hydrogen-bond acceptors (Lipinski definition) is 4. The number of carbonyl (C=O) groups is 1. The van der Waals surface area contributed by atoms with Crippen LogP contribution in [-0.2, 0) is 4.74 Å². The molecule has 0 aliphatic heterocycles. The standard InChI is InChI=1S/C15H25N3O2/c1-5-9-16-14-8-6-7-12(17-14)15(19)18-13(10-20-4)11(2)3/h6-8,11,13H,5,9-10H2,1-4H3,(H,16,17)(H,18,19). The van der Waals surface area contributed by atoms with Gasteiger partial charge in [-0.05, 0) is 24.5 Å². The van der Waals surface area contributed by atoms with E-state index in [4.69, 9.17) is 4.74 Å². The summed E-state index contributed by atoms with van der Waals surface area (Å²) in [6, 6.07) is 5.40. The van der Waals surface area contributed by atoms with E-state index < -0.39 is 0 Å². The molecule has 0 aliphatic carbocycles. The Morgan fingerprint density at radius 2 is 2.15 bits per heavy atom. The summed E-state index contributed by atoms with van der Waals surface area (Å²) in [6.45, 7) is 7.53. The van der Waals surface area contributed by atoms with Crippen molar-refractivity contribution in [1.82, 2.24) is 10.3 Å². The first-order valence-electron chi connectivity index (χ1n) is 7.09. The number of nitrogens with one attached hydrogen (secondary N) is 2. The predicted molar refractivity (Wildman–Crippen MR) is 81.0 cm³/mol. The number of amides is 1. The van der Waals surface area contributed by atoms with Gasteiger partial charge < -0.3 is 15.4 Å². The van der Waals surface area contributed by atoms with E-state index in [0.717, 1.165) is 18.8 Å². The number of methoxy groups -OCH3 is 1. The normalized spacial score (nSPS) is 12.2. The molecule has 0 radical (unpaired) electrons. The van der Waals surface area contributed by atoms with Crippen molar-refractivity contribution < 1.29 is 9.53 Å². The van der Waals surface area contributed by atoms with Gasteiger partial charge in [-0.2, -0.15) is 0 Å². The van der Waals surface area contributed by atoms with Gasteiger partial charge in [-0.25, -0.2) is 4.98 Å². The smallest absolute Gasteiger partial charge is 0.270 e. The first-order valence-corrected chi connectivity index (χ1v) is 7.09. The third-order valence-corrected chi connectivity index (χ3v) is 3.01. The van der Waals surface area contributed by atoms with Crippen molar-refractivity contribution in [2.45, 2.75) is 33.2 Å². The average molecular weight is 279 g/mol. The van der Waals surface area contributed by atoms with Gasteiger partial charge in [-0.15, -0.1) is 0 Å². The number of ether oxygens (including phenoxy) is 1. The first-order chi connectivity index (χ1) is 9.58. The molecule has 1 aromatic heterocycles. The molecule has 1 unspecified atom stereocenters. The lowest BCUT2D eigenvalue weighted by Crippen LogP contribution is -2.42. The highest BCUT2D eigenvalue weighted by molar-refractivity contribution is 5.92. The molecular weight excluding hydrogens is 254 g/mol. The van der Waals surface area contributed by atoms with Crippen LogP contribution in [0.4, 0.5) is 5.82 Å². The zero-order valence-electron chi connectivity index (χ0n) is 12.8. The number of anilines is 1. The summed E-state index contributed by atoms with van der Waals surface area (Å²) < 4.78 is 5.13. The highest BCUT2D eigenvalue weighted by Gasteiger charge is 2.17. The van der Waals surface area contributed by atoms with Gasteiger partial charge in [0.15, 0.2) is 0 Å². The summed E-state index contributed by atoms with van der Waals surface area (Å²) in [5.74, 6) is 0.869. The molecule has 5 heteroatoms. The number of carbonyl (C=O) groups excluding carboxylic acids is 1. The van der Waals surface area contributed by atoms with Gasteiger partial charge in [-0.3, -0.25) is 4.79 Å². The fourth-order valence-corrected chi connectivity index (χ4v) is 1.74. The molecule has 112 valence electrons. The van der Waals surface area contributed by atoms with Crippen LogP contribution in [0.5, 0.6) is 0 Å². The summed E-state index contributed by atoms with van der Waals surface area (Å²) in [5.41, 5.74) is 0.424. The minimum Gasteiger partial charge on any atom is -0.383 e. The summed E-state index contributed by atoms with van der Waals surface area (Å²) in [7, 11) is 1.63. The van der Waals surface area contributed by atoms with Crippen LogP contribution in [0.25, 0.3) is 0 Å². The predicted octanol–water partition coefficient (Wildman–Crippen LogP) is 2.30. The van der Waals surface area contributed by atoms with E-state index in [1.54, 1.807) is 13.2 Å². The van der Waals surface area contributed by atoms with Gasteiger partial charge in [0.05, 0.1) is 12.6 Å². The Morgan fingerprint density at radius 3 is 2.75 bits per heavy atom. The molecule has 0 aliphatic rings. The zero-order valence-corrected chi connectivity index (χ0v) is 12.8. The van der Waals surface area contributed by atoms with Gasteiger partial charge in [-0.1, -0.05) is 26.8 Å². The van der Waals surface area contributed by atoms with Gasteiger partial charge >= 0.3 is 0 Å². The molecule has 1 amide bonds. The van der Waals surface area contributed by atoms with Gasteiger partial charge in [0.2, 0.25) is 0 Å². The largest absolute Gasteiger partial charge is 0.383 e. The monoisotopic (exact) mass is 279 g/mol. The lowest BCUT2D eigenvalue weighted by molar-refractivity contribution is 0.0862. The van der Waals surface area contributed by atoms with E-state index >= 15 is 0 Å². The molecule has 0 saturated heterocycles. The van der Waals surface area contributed by atoms with Crippen molar-refractivity contribution in [3.63, 3.8) is 0 Å². The molecule has 1 atom stereocenters. The van der Waals surface area contributed by atoms with Crippen molar-refractivity contribution in [3.05, 3.63) is 23.9 Å². The molecule has 0 bridgehead atoms. The third-order valence-electron chi connectivity index (χ3n) is 3.01. The van der Waals surface area contributed by atoms with Crippen LogP contribution in [0.2, 0.25) is 0 Å². The van der Waals surface area contributed by atoms with E-state index in [0.29, 0.717) is 18.2 Å². The average Bonchev–Trinajstić information content (AvgIpc) is 2.44. The summed E-state index contributed by atoms with van der Waals surface area (Å²) in [6.07, 6.45) is 1.02. The maximum atomic E-state index is 12.2. The van der Waals surface area contributed by atoms with Gasteiger partial charge in [0.25, 0.3) is 5.91 Å². The Kier molecular flexibility index (Phi) is 7.01. The van der Waals surface area contributed by atoms with Gasteiger partial charge in [0, 0.05) is 13.7 Å². The van der Waals surface area contributed by atoms with E-state index in [-0.39, 0.29) is 11.9 Å². The van der Waals surface area contributed by atoms with E-state index in [9.17, 15) is 4.79 Å². The summed E-state index contributed by atoms with van der Waals surface area (Å²) in [5, 5.41) is 6.14. The summed E-state index contributed by atoms with van der Waals surface area (Å²) >= 11 is 0. The molecule has 5 nitrogen and oxygen atoms in total. The minimum atomic E-state index is -0.166. The molecule has 1 heterocycles. The Hall–Kier alpha value is -1.62. The molecule has 0 aromatic carbocycles. The highest BCUT2D eigenvalue weighted by atomic mass is 16.5. The molecule has 20 heavy (non-hydrogen) atoms. The second kappa shape index (κ2) is 8.53. The SMILES string of the molecule is CCCNc1cccc(C(=O)NC(COC)C(C)C)n1. The highest BCUT2D eigenvalue weighted by Crippen LogP contribution is 2.07. The van der Waals surface area contributed by atoms with Crippen LogP contribution >= 0.6 is 0 Å². The van der Waals surface area contributed by atoms with Gasteiger partial charge in [0.1, 0.15) is 11.5 Å². The fraction of sp³-hybridized carbons (Fsp3) is 0.600. The van der Waals surface area contributed by atoms with Crippen molar-refractivity contribution in [3.8, 4) is 0 Å². The van der Waals surface area contributed by atoms with Crippen LogP contribution in [0.3, 0.4) is 0 Å². The van der Waals surface area contributed by atoms with Crippen LogP contribution in [0.15, 0.2) is 18.2 Å². The topological polar surface area (TPSA) is 63.2 Å². The molecule has 0 fully saturated rings. The second-order valence-electron chi connectivity index (χ2n) is 5.11. The third kappa shape index (κ3) is 5.17. The van der Waals surface area contributed by atoms with Crippen LogP contribution < -0.4 is 10.6 Å². The van der Waals surface area contributed by atoms with Crippen molar-refractivity contribution in [2.75, 3.05) is 25.6 Å². The zero-order chi connectivity index (χ0) is 15.0. The lowest BCUT2D eigenvalue weighted by Gasteiger charge is -2.21. The number of rotatable bonds is 8. The molecule has 2 N–H and O–H groups in total. The van der Waals surface area contributed by atoms with Crippen LogP contribution in [-0.4, -0.2) is 37.2 Å². The number of nitrogens with zero attached hydrogens (tertiary/aromatic N) is 1. The number of hydrogen-bond donors (Lipinski definition) is 2. The quantitative estimate of drug-likeness (QED) is 0.766. The number of aromatic nitrogens is 1. The van der Waals surface area contributed by atoms with E-state index in [2.05, 4.69) is 36.4 Å². The van der Waals surface area contributed by atoms with E-state index in [1.165, 1.54) is 0 Å². The fourth-order valence-electron chi connectivity index (χ4n) is 1.74. The van der Waals surface area contributed by atoms with Crippen molar-refractivity contribution in [1.29, 1.82) is 0 Å². The summed E-state index contributed by atoms with van der Waals surface area (Å²) in [4.78, 5) is 16.5. The lowest BCUT2D eigenvalue weighted by atomic mass is 10.1. The van der Waals surface area contributed by atoms with Crippen LogP contribution in [0.1, 0.15) is 37.7 Å². The molecule has 1 rings (SSSR count). The maximum Gasteiger partial charge on any atom is 0.270 e. The molecule has 1 aromatic rings. The molecular formula is C15H25N3O2. The Labute approximate surface area is 121 Å². The second-order valence-corrected chi connectivity index (χ2v) is 5.11. The minimum absolute atomic E-state index is 0.0124. The van der Waals surface area contributed by atoms with Crippen molar-refractivity contribution >= 4 is 11.7 Å². The maximum absolute atomic E-state index is 12.2. The van der Waals surface area contributed by atoms with Crippen molar-refractivity contribution in [2.24, 2.45) is 5.92 Å². The molecule has 0 spiro atoms. The Morgan fingerprint density at radius 1 is 1.40 bits per heavy atom.